The standard InChI is InChI=1S/C19H32N2O3/c1-14(2)12-21(19(3,4)5)18(23)24-13-17(22)16(20)11-15-9-7-6-8-10-15/h6-10,14,16-17,22H,11-13,20H2,1-5H3/t16-,17-/m0/s1. The molecule has 0 bridgehead atoms. The lowest BCUT2D eigenvalue weighted by Crippen LogP contribution is -2.49. The maximum absolute atomic E-state index is 12.4. The number of rotatable bonds is 7. The molecule has 0 aliphatic carbocycles. The fraction of sp³-hybridized carbons (Fsp3) is 0.632. The molecule has 0 spiro atoms. The minimum Gasteiger partial charge on any atom is -0.447 e. The average Bonchev–Trinajstić information content (AvgIpc) is 2.49. The number of nitrogens with zero attached hydrogens (tertiary/aromatic N) is 1. The van der Waals surface area contributed by atoms with Crippen LogP contribution in [0.15, 0.2) is 30.3 Å². The highest BCUT2D eigenvalue weighted by atomic mass is 16.6. The molecule has 5 nitrogen and oxygen atoms in total. The predicted molar refractivity (Wildman–Crippen MR) is 96.8 cm³/mol. The second-order valence-electron chi connectivity index (χ2n) is 7.67. The van der Waals surface area contributed by atoms with Gasteiger partial charge in [-0.25, -0.2) is 4.79 Å². The van der Waals surface area contributed by atoms with Crippen molar-refractivity contribution in [3.05, 3.63) is 35.9 Å². The number of hydrogen-bond donors (Lipinski definition) is 2. The summed E-state index contributed by atoms with van der Waals surface area (Å²) in [6.07, 6.45) is -0.772. The number of aliphatic hydroxyl groups is 1. The van der Waals surface area contributed by atoms with Crippen molar-refractivity contribution in [2.24, 2.45) is 11.7 Å². The van der Waals surface area contributed by atoms with Crippen molar-refractivity contribution >= 4 is 6.09 Å². The van der Waals surface area contributed by atoms with Crippen molar-refractivity contribution in [2.45, 2.75) is 58.7 Å². The first-order valence-corrected chi connectivity index (χ1v) is 8.53. The Morgan fingerprint density at radius 2 is 1.83 bits per heavy atom. The molecular weight excluding hydrogens is 304 g/mol. The molecule has 3 N–H and O–H groups in total. The van der Waals surface area contributed by atoms with Crippen LogP contribution in [0.25, 0.3) is 0 Å². The van der Waals surface area contributed by atoms with E-state index in [9.17, 15) is 9.90 Å². The highest BCUT2D eigenvalue weighted by molar-refractivity contribution is 5.68. The third kappa shape index (κ3) is 6.89. The Labute approximate surface area is 145 Å². The van der Waals surface area contributed by atoms with Crippen LogP contribution in [-0.4, -0.2) is 46.9 Å². The van der Waals surface area contributed by atoms with Gasteiger partial charge in [0.25, 0.3) is 0 Å². The SMILES string of the molecule is CC(C)CN(C(=O)OC[C@H](O)[C@@H](N)Cc1ccccc1)C(C)(C)C. The van der Waals surface area contributed by atoms with Crippen LogP contribution in [0.3, 0.4) is 0 Å². The van der Waals surface area contributed by atoms with Crippen LogP contribution in [0.5, 0.6) is 0 Å². The van der Waals surface area contributed by atoms with Crippen molar-refractivity contribution in [2.75, 3.05) is 13.2 Å². The van der Waals surface area contributed by atoms with Crippen LogP contribution in [0.1, 0.15) is 40.2 Å². The maximum Gasteiger partial charge on any atom is 0.410 e. The molecule has 0 aromatic heterocycles. The van der Waals surface area contributed by atoms with Gasteiger partial charge in [-0.15, -0.1) is 0 Å². The van der Waals surface area contributed by atoms with Gasteiger partial charge in [0.1, 0.15) is 12.7 Å². The van der Waals surface area contributed by atoms with Crippen molar-refractivity contribution in [1.29, 1.82) is 0 Å². The summed E-state index contributed by atoms with van der Waals surface area (Å²) in [7, 11) is 0. The monoisotopic (exact) mass is 336 g/mol. The molecule has 0 unspecified atom stereocenters. The molecule has 1 amide bonds. The summed E-state index contributed by atoms with van der Waals surface area (Å²) in [5.41, 5.74) is 6.74. The molecule has 0 saturated heterocycles. The summed E-state index contributed by atoms with van der Waals surface area (Å²) in [5.74, 6) is 0.335. The number of amides is 1. The summed E-state index contributed by atoms with van der Waals surface area (Å²) in [5, 5.41) is 10.2. The Morgan fingerprint density at radius 3 is 2.33 bits per heavy atom. The van der Waals surface area contributed by atoms with E-state index in [0.717, 1.165) is 5.56 Å². The minimum atomic E-state index is -0.893. The van der Waals surface area contributed by atoms with Gasteiger partial charge in [0.15, 0.2) is 0 Å². The Kier molecular flexibility index (Phi) is 7.70. The molecule has 0 heterocycles. The van der Waals surface area contributed by atoms with Gasteiger partial charge >= 0.3 is 6.09 Å². The number of ether oxygens (including phenoxy) is 1. The molecule has 0 saturated carbocycles. The molecule has 5 heteroatoms. The van der Waals surface area contributed by atoms with Crippen LogP contribution in [0, 0.1) is 5.92 Å². The van der Waals surface area contributed by atoms with E-state index < -0.39 is 18.2 Å². The summed E-state index contributed by atoms with van der Waals surface area (Å²) < 4.78 is 5.31. The van der Waals surface area contributed by atoms with E-state index in [1.54, 1.807) is 4.90 Å². The number of carbonyl (C=O) groups is 1. The lowest BCUT2D eigenvalue weighted by molar-refractivity contribution is 0.0189. The molecule has 0 aliphatic rings. The van der Waals surface area contributed by atoms with Gasteiger partial charge < -0.3 is 20.5 Å². The quantitative estimate of drug-likeness (QED) is 0.803. The van der Waals surface area contributed by atoms with E-state index >= 15 is 0 Å². The average molecular weight is 336 g/mol. The Morgan fingerprint density at radius 1 is 1.25 bits per heavy atom. The third-order valence-corrected chi connectivity index (χ3v) is 3.76. The topological polar surface area (TPSA) is 75.8 Å². The van der Waals surface area contributed by atoms with Crippen molar-refractivity contribution in [3.8, 4) is 0 Å². The largest absolute Gasteiger partial charge is 0.447 e. The molecule has 0 aliphatic heterocycles. The molecule has 0 radical (unpaired) electrons. The summed E-state index contributed by atoms with van der Waals surface area (Å²) >= 11 is 0. The fourth-order valence-corrected chi connectivity index (χ4v) is 2.37. The highest BCUT2D eigenvalue weighted by Crippen LogP contribution is 2.17. The molecule has 24 heavy (non-hydrogen) atoms. The van der Waals surface area contributed by atoms with E-state index in [0.29, 0.717) is 18.9 Å². The summed E-state index contributed by atoms with van der Waals surface area (Å²) in [6.45, 7) is 10.5. The molecule has 2 atom stereocenters. The first-order valence-electron chi connectivity index (χ1n) is 8.53. The number of carbonyl (C=O) groups excluding carboxylic acids is 1. The van der Waals surface area contributed by atoms with Crippen molar-refractivity contribution in [3.63, 3.8) is 0 Å². The van der Waals surface area contributed by atoms with Gasteiger partial charge in [-0.3, -0.25) is 0 Å². The van der Waals surface area contributed by atoms with Crippen molar-refractivity contribution < 1.29 is 14.6 Å². The number of aliphatic hydroxyl groups excluding tert-OH is 1. The fourth-order valence-electron chi connectivity index (χ4n) is 2.37. The predicted octanol–water partition coefficient (Wildman–Crippen LogP) is 2.81. The maximum atomic E-state index is 12.4. The van der Waals surface area contributed by atoms with Crippen LogP contribution in [0.2, 0.25) is 0 Å². The van der Waals surface area contributed by atoms with Crippen LogP contribution in [0.4, 0.5) is 4.79 Å². The van der Waals surface area contributed by atoms with E-state index in [-0.39, 0.29) is 12.1 Å². The molecule has 0 fully saturated rings. The summed E-state index contributed by atoms with van der Waals surface area (Å²) in [6, 6.07) is 9.24. The summed E-state index contributed by atoms with van der Waals surface area (Å²) in [4.78, 5) is 14.1. The second kappa shape index (κ2) is 9.04. The van der Waals surface area contributed by atoms with Crippen LogP contribution in [-0.2, 0) is 11.2 Å². The second-order valence-corrected chi connectivity index (χ2v) is 7.67. The van der Waals surface area contributed by atoms with Gasteiger partial charge in [0, 0.05) is 18.1 Å². The smallest absolute Gasteiger partial charge is 0.410 e. The zero-order chi connectivity index (χ0) is 18.3. The number of benzene rings is 1. The highest BCUT2D eigenvalue weighted by Gasteiger charge is 2.29. The lowest BCUT2D eigenvalue weighted by atomic mass is 10.0. The van der Waals surface area contributed by atoms with Gasteiger partial charge in [0.05, 0.1) is 0 Å². The zero-order valence-electron chi connectivity index (χ0n) is 15.5. The van der Waals surface area contributed by atoms with Gasteiger partial charge in [-0.05, 0) is 38.7 Å². The van der Waals surface area contributed by atoms with Gasteiger partial charge in [-0.2, -0.15) is 0 Å². The first kappa shape index (κ1) is 20.5. The molecular formula is C19H32N2O3. The van der Waals surface area contributed by atoms with E-state index in [2.05, 4.69) is 13.8 Å². The zero-order valence-corrected chi connectivity index (χ0v) is 15.5. The van der Waals surface area contributed by atoms with Crippen LogP contribution >= 0.6 is 0 Å². The Balaban J connectivity index is 2.54. The lowest BCUT2D eigenvalue weighted by Gasteiger charge is -2.36. The van der Waals surface area contributed by atoms with E-state index in [1.165, 1.54) is 0 Å². The molecule has 1 aromatic carbocycles. The Hall–Kier alpha value is -1.59. The van der Waals surface area contributed by atoms with Crippen LogP contribution < -0.4 is 5.73 Å². The third-order valence-electron chi connectivity index (χ3n) is 3.76. The van der Waals surface area contributed by atoms with Gasteiger partial charge in [0.2, 0.25) is 0 Å². The van der Waals surface area contributed by atoms with E-state index in [4.69, 9.17) is 10.5 Å². The normalized spacial score (nSPS) is 14.3. The van der Waals surface area contributed by atoms with E-state index in [1.807, 2.05) is 51.1 Å². The molecule has 1 rings (SSSR count). The van der Waals surface area contributed by atoms with Gasteiger partial charge in [-0.1, -0.05) is 44.2 Å². The first-order chi connectivity index (χ1) is 11.1. The Bertz CT molecular complexity index is 497. The number of hydrogen-bond acceptors (Lipinski definition) is 4. The number of nitrogens with two attached hydrogens (primary N) is 1. The van der Waals surface area contributed by atoms with Crippen molar-refractivity contribution in [1.82, 2.24) is 4.90 Å². The molecule has 136 valence electrons. The minimum absolute atomic E-state index is 0.0997. The molecule has 1 aromatic rings.